The standard InChI is InChI=1S/C19H19FN2O4S/c1-11-15(19(25)26-4)17(27-16(11)18(24)22(2)3)21-14(23)10-7-12-5-8-13(20)9-6-12/h5-10H,1-4H3,(H,21,23). The van der Waals surface area contributed by atoms with Gasteiger partial charge >= 0.3 is 5.97 Å². The van der Waals surface area contributed by atoms with Crippen LogP contribution in [-0.4, -0.2) is 43.9 Å². The lowest BCUT2D eigenvalue weighted by molar-refractivity contribution is -0.111. The fourth-order valence-electron chi connectivity index (χ4n) is 2.26. The van der Waals surface area contributed by atoms with Crippen molar-refractivity contribution in [3.8, 4) is 0 Å². The summed E-state index contributed by atoms with van der Waals surface area (Å²) < 4.78 is 17.7. The fourth-order valence-corrected chi connectivity index (χ4v) is 3.48. The van der Waals surface area contributed by atoms with Crippen LogP contribution in [0.25, 0.3) is 6.08 Å². The van der Waals surface area contributed by atoms with Gasteiger partial charge in [-0.15, -0.1) is 11.3 Å². The summed E-state index contributed by atoms with van der Waals surface area (Å²) in [6.07, 6.45) is 2.77. The maximum absolute atomic E-state index is 12.9. The molecule has 1 heterocycles. The normalized spacial score (nSPS) is 10.7. The minimum Gasteiger partial charge on any atom is -0.465 e. The Morgan fingerprint density at radius 3 is 2.37 bits per heavy atom. The van der Waals surface area contributed by atoms with Crippen LogP contribution >= 0.6 is 11.3 Å². The second kappa shape index (κ2) is 8.59. The molecule has 8 heteroatoms. The van der Waals surface area contributed by atoms with E-state index >= 15 is 0 Å². The number of methoxy groups -OCH3 is 1. The van der Waals surface area contributed by atoms with Crippen molar-refractivity contribution in [2.45, 2.75) is 6.92 Å². The molecule has 1 N–H and O–H groups in total. The lowest BCUT2D eigenvalue weighted by Gasteiger charge is -2.08. The monoisotopic (exact) mass is 390 g/mol. The van der Waals surface area contributed by atoms with Crippen molar-refractivity contribution in [2.75, 3.05) is 26.5 Å². The Balaban J connectivity index is 2.29. The number of halogens is 1. The van der Waals surface area contributed by atoms with Crippen LogP contribution in [-0.2, 0) is 9.53 Å². The number of rotatable bonds is 5. The first-order valence-corrected chi connectivity index (χ1v) is 8.74. The van der Waals surface area contributed by atoms with Gasteiger partial charge in [0.1, 0.15) is 10.8 Å². The summed E-state index contributed by atoms with van der Waals surface area (Å²) in [5, 5.41) is 2.84. The molecule has 2 amide bonds. The van der Waals surface area contributed by atoms with Crippen LogP contribution < -0.4 is 5.32 Å². The maximum Gasteiger partial charge on any atom is 0.341 e. The first-order valence-electron chi connectivity index (χ1n) is 7.92. The number of amides is 2. The van der Waals surface area contributed by atoms with Crippen LogP contribution in [0.2, 0.25) is 0 Å². The van der Waals surface area contributed by atoms with Crippen LogP contribution in [0.1, 0.15) is 31.2 Å². The van der Waals surface area contributed by atoms with Crippen molar-refractivity contribution in [1.82, 2.24) is 4.90 Å². The van der Waals surface area contributed by atoms with E-state index in [2.05, 4.69) is 5.32 Å². The lowest BCUT2D eigenvalue weighted by atomic mass is 10.1. The van der Waals surface area contributed by atoms with Crippen LogP contribution in [0.5, 0.6) is 0 Å². The summed E-state index contributed by atoms with van der Waals surface area (Å²) >= 11 is 1.01. The van der Waals surface area contributed by atoms with Gasteiger partial charge in [-0.05, 0) is 36.3 Å². The average Bonchev–Trinajstić information content (AvgIpc) is 2.95. The van der Waals surface area contributed by atoms with Crippen LogP contribution in [0.3, 0.4) is 0 Å². The van der Waals surface area contributed by atoms with Gasteiger partial charge in [-0.2, -0.15) is 0 Å². The highest BCUT2D eigenvalue weighted by Crippen LogP contribution is 2.34. The third-order valence-electron chi connectivity index (χ3n) is 3.67. The van der Waals surface area contributed by atoms with Gasteiger partial charge in [0.2, 0.25) is 5.91 Å². The van der Waals surface area contributed by atoms with Gasteiger partial charge in [0.05, 0.1) is 17.6 Å². The zero-order valence-electron chi connectivity index (χ0n) is 15.3. The number of esters is 1. The van der Waals surface area contributed by atoms with E-state index in [0.717, 1.165) is 11.3 Å². The van der Waals surface area contributed by atoms with Crippen LogP contribution in [0, 0.1) is 12.7 Å². The molecule has 0 radical (unpaired) electrons. The van der Waals surface area contributed by atoms with Gasteiger partial charge in [-0.3, -0.25) is 9.59 Å². The summed E-state index contributed by atoms with van der Waals surface area (Å²) in [5.41, 5.74) is 1.24. The Kier molecular flexibility index (Phi) is 6.46. The van der Waals surface area contributed by atoms with Gasteiger partial charge in [-0.25, -0.2) is 9.18 Å². The Morgan fingerprint density at radius 1 is 1.19 bits per heavy atom. The second-order valence-electron chi connectivity index (χ2n) is 5.83. The van der Waals surface area contributed by atoms with E-state index in [-0.39, 0.29) is 22.3 Å². The number of carbonyl (C=O) groups is 3. The lowest BCUT2D eigenvalue weighted by Crippen LogP contribution is -2.21. The molecule has 6 nitrogen and oxygen atoms in total. The number of ether oxygens (including phenoxy) is 1. The summed E-state index contributed by atoms with van der Waals surface area (Å²) in [7, 11) is 4.43. The van der Waals surface area contributed by atoms with Crippen molar-refractivity contribution in [1.29, 1.82) is 0 Å². The summed E-state index contributed by atoms with van der Waals surface area (Å²) in [6, 6.07) is 5.63. The Bertz CT molecular complexity index is 901. The first-order chi connectivity index (χ1) is 12.7. The molecule has 2 rings (SSSR count). The van der Waals surface area contributed by atoms with Gasteiger partial charge in [0.15, 0.2) is 0 Å². The van der Waals surface area contributed by atoms with Crippen molar-refractivity contribution >= 4 is 40.2 Å². The molecule has 2 aromatic rings. The smallest absolute Gasteiger partial charge is 0.341 e. The minimum atomic E-state index is -0.639. The van der Waals surface area contributed by atoms with Gasteiger partial charge < -0.3 is 15.0 Å². The van der Waals surface area contributed by atoms with E-state index in [9.17, 15) is 18.8 Å². The number of anilines is 1. The fraction of sp³-hybridized carbons (Fsp3) is 0.211. The molecule has 0 aliphatic carbocycles. The number of thiophene rings is 1. The number of benzene rings is 1. The van der Waals surface area contributed by atoms with E-state index in [1.807, 2.05) is 0 Å². The highest BCUT2D eigenvalue weighted by atomic mass is 32.1. The summed E-state index contributed by atoms with van der Waals surface area (Å²) in [5.74, 6) is -1.77. The predicted molar refractivity (Wildman–Crippen MR) is 102 cm³/mol. The number of carbonyl (C=O) groups excluding carboxylic acids is 3. The molecule has 0 bridgehead atoms. The summed E-state index contributed by atoms with van der Waals surface area (Å²) in [6.45, 7) is 1.63. The Morgan fingerprint density at radius 2 is 1.81 bits per heavy atom. The molecule has 0 saturated carbocycles. The Labute approximate surface area is 160 Å². The van der Waals surface area contributed by atoms with Crippen LogP contribution in [0.4, 0.5) is 9.39 Å². The van der Waals surface area contributed by atoms with Gasteiger partial charge in [0, 0.05) is 20.2 Å². The Hall–Kier alpha value is -3.00. The predicted octanol–water partition coefficient (Wildman–Crippen LogP) is 3.34. The van der Waals surface area contributed by atoms with Crippen molar-refractivity contribution in [2.24, 2.45) is 0 Å². The summed E-state index contributed by atoms with van der Waals surface area (Å²) in [4.78, 5) is 38.4. The SMILES string of the molecule is COC(=O)c1c(NC(=O)C=Cc2ccc(F)cc2)sc(C(=O)N(C)C)c1C. The molecule has 0 unspecified atom stereocenters. The number of hydrogen-bond donors (Lipinski definition) is 1. The van der Waals surface area contributed by atoms with E-state index in [1.54, 1.807) is 21.0 Å². The quantitative estimate of drug-likeness (QED) is 0.628. The van der Waals surface area contributed by atoms with E-state index < -0.39 is 11.9 Å². The van der Waals surface area contributed by atoms with E-state index in [0.29, 0.717) is 16.0 Å². The number of nitrogens with zero attached hydrogens (tertiary/aromatic N) is 1. The van der Waals surface area contributed by atoms with E-state index in [4.69, 9.17) is 4.74 Å². The molecular weight excluding hydrogens is 371 g/mol. The molecule has 0 fully saturated rings. The van der Waals surface area contributed by atoms with Crippen LogP contribution in [0.15, 0.2) is 30.3 Å². The van der Waals surface area contributed by atoms with E-state index in [1.165, 1.54) is 48.4 Å². The molecule has 0 atom stereocenters. The molecule has 0 saturated heterocycles. The first kappa shape index (κ1) is 20.3. The molecule has 0 spiro atoms. The minimum absolute atomic E-state index is 0.149. The average molecular weight is 390 g/mol. The number of hydrogen-bond acceptors (Lipinski definition) is 5. The molecule has 1 aromatic carbocycles. The second-order valence-corrected chi connectivity index (χ2v) is 6.85. The van der Waals surface area contributed by atoms with Gasteiger partial charge in [0.25, 0.3) is 5.91 Å². The molecule has 142 valence electrons. The van der Waals surface area contributed by atoms with Gasteiger partial charge in [-0.1, -0.05) is 12.1 Å². The highest BCUT2D eigenvalue weighted by Gasteiger charge is 2.26. The van der Waals surface area contributed by atoms with Crippen molar-refractivity contribution < 1.29 is 23.5 Å². The number of nitrogens with one attached hydrogen (secondary N) is 1. The third-order valence-corrected chi connectivity index (χ3v) is 4.87. The van der Waals surface area contributed by atoms with Crippen molar-refractivity contribution in [3.05, 3.63) is 57.7 Å². The third kappa shape index (κ3) is 4.79. The molecule has 27 heavy (non-hydrogen) atoms. The van der Waals surface area contributed by atoms with Crippen molar-refractivity contribution in [3.63, 3.8) is 0 Å². The molecule has 0 aliphatic heterocycles. The molecular formula is C19H19FN2O4S. The maximum atomic E-state index is 12.9. The molecule has 0 aliphatic rings. The zero-order chi connectivity index (χ0) is 20.1. The molecule has 1 aromatic heterocycles. The topological polar surface area (TPSA) is 75.7 Å². The zero-order valence-corrected chi connectivity index (χ0v) is 16.1. The highest BCUT2D eigenvalue weighted by molar-refractivity contribution is 7.18. The largest absolute Gasteiger partial charge is 0.465 e.